The molecule has 1 aliphatic rings. The number of hydrogen-bond donors (Lipinski definition) is 1. The molecule has 0 spiro atoms. The first kappa shape index (κ1) is 9.71. The zero-order valence-electron chi connectivity index (χ0n) is 9.25. The lowest BCUT2D eigenvalue weighted by molar-refractivity contribution is 0.588. The van der Waals surface area contributed by atoms with Crippen LogP contribution in [0.5, 0.6) is 0 Å². The topological polar surface area (TPSA) is 43.8 Å². The third-order valence-electron chi connectivity index (χ3n) is 3.33. The molecule has 78 valence electrons. The SMILES string of the molecule is Cc1nn(C)c(C)c1CC(N)C1CC1. The predicted molar refractivity (Wildman–Crippen MR) is 57.1 cm³/mol. The Balaban J connectivity index is 2.14. The fourth-order valence-corrected chi connectivity index (χ4v) is 2.04. The second-order valence-electron chi connectivity index (χ2n) is 4.48. The predicted octanol–water partition coefficient (Wildman–Crippen LogP) is 1.32. The molecule has 0 saturated heterocycles. The van der Waals surface area contributed by atoms with Crippen molar-refractivity contribution in [1.82, 2.24) is 9.78 Å². The van der Waals surface area contributed by atoms with Crippen LogP contribution >= 0.6 is 0 Å². The Labute approximate surface area is 85.3 Å². The van der Waals surface area contributed by atoms with Crippen molar-refractivity contribution in [1.29, 1.82) is 0 Å². The molecule has 0 aliphatic heterocycles. The van der Waals surface area contributed by atoms with Gasteiger partial charge in [0.1, 0.15) is 0 Å². The molecule has 2 rings (SSSR count). The Kier molecular flexibility index (Phi) is 2.35. The Morgan fingerprint density at radius 3 is 2.57 bits per heavy atom. The Morgan fingerprint density at radius 1 is 1.50 bits per heavy atom. The molecule has 3 heteroatoms. The van der Waals surface area contributed by atoms with Crippen molar-refractivity contribution in [3.05, 3.63) is 17.0 Å². The van der Waals surface area contributed by atoms with Gasteiger partial charge in [0.2, 0.25) is 0 Å². The first-order valence-corrected chi connectivity index (χ1v) is 5.34. The van der Waals surface area contributed by atoms with E-state index in [1.807, 2.05) is 11.7 Å². The Hall–Kier alpha value is -0.830. The zero-order chi connectivity index (χ0) is 10.3. The van der Waals surface area contributed by atoms with Gasteiger partial charge in [0.05, 0.1) is 5.69 Å². The maximum absolute atomic E-state index is 6.12. The minimum absolute atomic E-state index is 0.344. The molecule has 1 atom stereocenters. The van der Waals surface area contributed by atoms with E-state index in [9.17, 15) is 0 Å². The van der Waals surface area contributed by atoms with E-state index in [1.165, 1.54) is 24.1 Å². The normalized spacial score (nSPS) is 18.6. The average molecular weight is 193 g/mol. The number of nitrogens with zero attached hydrogens (tertiary/aromatic N) is 2. The zero-order valence-corrected chi connectivity index (χ0v) is 9.25. The van der Waals surface area contributed by atoms with Gasteiger partial charge in [0.15, 0.2) is 0 Å². The van der Waals surface area contributed by atoms with Gasteiger partial charge in [-0.15, -0.1) is 0 Å². The smallest absolute Gasteiger partial charge is 0.0628 e. The second-order valence-corrected chi connectivity index (χ2v) is 4.48. The van der Waals surface area contributed by atoms with Crippen molar-refractivity contribution in [2.24, 2.45) is 18.7 Å². The molecule has 1 aromatic heterocycles. The summed E-state index contributed by atoms with van der Waals surface area (Å²) in [6, 6.07) is 0.344. The molecule has 1 unspecified atom stereocenters. The van der Waals surface area contributed by atoms with Gasteiger partial charge in [-0.1, -0.05) is 0 Å². The molecule has 3 nitrogen and oxygen atoms in total. The van der Waals surface area contributed by atoms with Gasteiger partial charge in [-0.3, -0.25) is 4.68 Å². The van der Waals surface area contributed by atoms with Crippen LogP contribution in [0.2, 0.25) is 0 Å². The van der Waals surface area contributed by atoms with Gasteiger partial charge in [-0.25, -0.2) is 0 Å². The van der Waals surface area contributed by atoms with E-state index in [0.29, 0.717) is 6.04 Å². The quantitative estimate of drug-likeness (QED) is 0.786. The maximum atomic E-state index is 6.12. The summed E-state index contributed by atoms with van der Waals surface area (Å²) in [5.41, 5.74) is 9.88. The summed E-state index contributed by atoms with van der Waals surface area (Å²) in [5.74, 6) is 0.772. The Morgan fingerprint density at radius 2 is 2.14 bits per heavy atom. The lowest BCUT2D eigenvalue weighted by atomic mass is 10.0. The molecule has 14 heavy (non-hydrogen) atoms. The van der Waals surface area contributed by atoms with E-state index in [1.54, 1.807) is 0 Å². The van der Waals surface area contributed by atoms with Gasteiger partial charge in [-0.05, 0) is 44.6 Å². The number of hydrogen-bond acceptors (Lipinski definition) is 2. The molecule has 1 heterocycles. The lowest BCUT2D eigenvalue weighted by Crippen LogP contribution is -2.25. The summed E-state index contributed by atoms with van der Waals surface area (Å²) in [5, 5.41) is 4.40. The van der Waals surface area contributed by atoms with E-state index in [-0.39, 0.29) is 0 Å². The summed E-state index contributed by atoms with van der Waals surface area (Å²) in [4.78, 5) is 0. The van der Waals surface area contributed by atoms with Gasteiger partial charge in [-0.2, -0.15) is 5.10 Å². The van der Waals surface area contributed by atoms with E-state index in [2.05, 4.69) is 18.9 Å². The maximum Gasteiger partial charge on any atom is 0.0628 e. The van der Waals surface area contributed by atoms with Crippen LogP contribution in [0.1, 0.15) is 29.8 Å². The van der Waals surface area contributed by atoms with Crippen LogP contribution in [0, 0.1) is 19.8 Å². The number of aryl methyl sites for hydroxylation is 2. The summed E-state index contributed by atoms with van der Waals surface area (Å²) < 4.78 is 1.95. The van der Waals surface area contributed by atoms with Gasteiger partial charge < -0.3 is 5.73 Å². The highest BCUT2D eigenvalue weighted by Crippen LogP contribution is 2.33. The van der Waals surface area contributed by atoms with Crippen LogP contribution in [0.3, 0.4) is 0 Å². The molecule has 2 N–H and O–H groups in total. The first-order valence-electron chi connectivity index (χ1n) is 5.34. The van der Waals surface area contributed by atoms with Gasteiger partial charge in [0.25, 0.3) is 0 Å². The average Bonchev–Trinajstić information content (AvgIpc) is 2.91. The first-order chi connectivity index (χ1) is 6.59. The van der Waals surface area contributed by atoms with Crippen LogP contribution < -0.4 is 5.73 Å². The summed E-state index contributed by atoms with van der Waals surface area (Å²) in [6.45, 7) is 4.19. The van der Waals surface area contributed by atoms with Crippen LogP contribution in [-0.2, 0) is 13.5 Å². The van der Waals surface area contributed by atoms with Crippen LogP contribution in [-0.4, -0.2) is 15.8 Å². The van der Waals surface area contributed by atoms with Crippen LogP contribution in [0.15, 0.2) is 0 Å². The van der Waals surface area contributed by atoms with E-state index < -0.39 is 0 Å². The molecular weight excluding hydrogens is 174 g/mol. The van der Waals surface area contributed by atoms with Gasteiger partial charge in [0, 0.05) is 18.8 Å². The highest BCUT2D eigenvalue weighted by atomic mass is 15.3. The third-order valence-corrected chi connectivity index (χ3v) is 3.33. The largest absolute Gasteiger partial charge is 0.327 e. The second kappa shape index (κ2) is 3.39. The van der Waals surface area contributed by atoms with Gasteiger partial charge >= 0.3 is 0 Å². The van der Waals surface area contributed by atoms with E-state index in [4.69, 9.17) is 5.73 Å². The fraction of sp³-hybridized carbons (Fsp3) is 0.727. The standard InChI is InChI=1S/C11H19N3/c1-7-10(8(2)14(3)13-7)6-11(12)9-4-5-9/h9,11H,4-6,12H2,1-3H3. The van der Waals surface area contributed by atoms with Crippen molar-refractivity contribution in [2.75, 3.05) is 0 Å². The summed E-state index contributed by atoms with van der Waals surface area (Å²) in [6.07, 6.45) is 3.63. The van der Waals surface area contributed by atoms with Crippen molar-refractivity contribution in [3.8, 4) is 0 Å². The van der Waals surface area contributed by atoms with E-state index >= 15 is 0 Å². The molecule has 1 aromatic rings. The molecule has 1 aliphatic carbocycles. The third kappa shape index (κ3) is 1.69. The van der Waals surface area contributed by atoms with Crippen LogP contribution in [0.25, 0.3) is 0 Å². The fourth-order valence-electron chi connectivity index (χ4n) is 2.04. The van der Waals surface area contributed by atoms with E-state index in [0.717, 1.165) is 18.0 Å². The molecular formula is C11H19N3. The molecule has 0 radical (unpaired) electrons. The van der Waals surface area contributed by atoms with Crippen molar-refractivity contribution >= 4 is 0 Å². The highest BCUT2D eigenvalue weighted by Gasteiger charge is 2.29. The summed E-state index contributed by atoms with van der Waals surface area (Å²) in [7, 11) is 1.99. The number of nitrogens with two attached hydrogens (primary N) is 1. The highest BCUT2D eigenvalue weighted by molar-refractivity contribution is 5.25. The Bertz CT molecular complexity index is 337. The molecule has 1 fully saturated rings. The van der Waals surface area contributed by atoms with Crippen molar-refractivity contribution in [3.63, 3.8) is 0 Å². The lowest BCUT2D eigenvalue weighted by Gasteiger charge is -2.10. The molecule has 1 saturated carbocycles. The van der Waals surface area contributed by atoms with Crippen molar-refractivity contribution < 1.29 is 0 Å². The molecule has 0 amide bonds. The minimum atomic E-state index is 0.344. The molecule has 0 aromatic carbocycles. The van der Waals surface area contributed by atoms with Crippen LogP contribution in [0.4, 0.5) is 0 Å². The number of aromatic nitrogens is 2. The monoisotopic (exact) mass is 193 g/mol. The molecule has 0 bridgehead atoms. The van der Waals surface area contributed by atoms with Crippen molar-refractivity contribution in [2.45, 2.75) is 39.2 Å². The minimum Gasteiger partial charge on any atom is -0.327 e. The summed E-state index contributed by atoms with van der Waals surface area (Å²) >= 11 is 0. The number of rotatable bonds is 3.